The fourth-order valence-corrected chi connectivity index (χ4v) is 4.39. The van der Waals surface area contributed by atoms with Crippen molar-refractivity contribution in [1.82, 2.24) is 19.6 Å². The molecule has 1 aliphatic rings. The molecule has 0 unspecified atom stereocenters. The van der Waals surface area contributed by atoms with Crippen molar-refractivity contribution in [3.63, 3.8) is 0 Å². The molecule has 30 heavy (non-hydrogen) atoms. The molecule has 2 aromatic heterocycles. The molecule has 8 heteroatoms. The maximum atomic E-state index is 13.0. The van der Waals surface area contributed by atoms with Gasteiger partial charge in [0, 0.05) is 30.0 Å². The van der Waals surface area contributed by atoms with Crippen LogP contribution in [0.3, 0.4) is 0 Å². The van der Waals surface area contributed by atoms with Crippen molar-refractivity contribution in [3.8, 4) is 0 Å². The van der Waals surface area contributed by atoms with Gasteiger partial charge in [0.2, 0.25) is 11.1 Å². The first-order valence-corrected chi connectivity index (χ1v) is 11.7. The molecule has 3 heterocycles. The highest BCUT2D eigenvalue weighted by Gasteiger charge is 2.18. The Balaban J connectivity index is 1.56. The number of rotatable bonds is 5. The van der Waals surface area contributed by atoms with Crippen molar-refractivity contribution < 1.29 is 4.79 Å². The van der Waals surface area contributed by atoms with E-state index in [4.69, 9.17) is 0 Å². The zero-order valence-corrected chi connectivity index (χ0v) is 18.6. The molecule has 0 atom stereocenters. The second-order valence-corrected chi connectivity index (χ2v) is 8.49. The summed E-state index contributed by atoms with van der Waals surface area (Å²) >= 11 is 1.48. The smallest absolute Gasteiger partial charge is 0.253 e. The van der Waals surface area contributed by atoms with E-state index in [9.17, 15) is 4.79 Å². The molecule has 158 valence electrons. The van der Waals surface area contributed by atoms with Gasteiger partial charge in [0.15, 0.2) is 0 Å². The Morgan fingerprint density at radius 2 is 1.83 bits per heavy atom. The van der Waals surface area contributed by atoms with Gasteiger partial charge in [0.05, 0.1) is 17.8 Å². The number of amides is 1. The van der Waals surface area contributed by atoms with Gasteiger partial charge in [-0.3, -0.25) is 4.79 Å². The van der Waals surface area contributed by atoms with E-state index in [1.807, 2.05) is 38.3 Å². The number of thioether (sulfide) groups is 1. The Morgan fingerprint density at radius 1 is 1.10 bits per heavy atom. The van der Waals surface area contributed by atoms with Crippen LogP contribution in [0.2, 0.25) is 0 Å². The van der Waals surface area contributed by atoms with Gasteiger partial charge in [-0.2, -0.15) is 4.98 Å². The van der Waals surface area contributed by atoms with E-state index in [0.717, 1.165) is 41.4 Å². The van der Waals surface area contributed by atoms with Gasteiger partial charge >= 0.3 is 0 Å². The number of carbonyl (C=O) groups excluding carboxylic acids is 1. The largest absolute Gasteiger partial charge is 0.370 e. The summed E-state index contributed by atoms with van der Waals surface area (Å²) in [6.07, 6.45) is 7.14. The second kappa shape index (κ2) is 9.04. The molecular formula is C22H28N6OS. The molecule has 1 saturated heterocycles. The van der Waals surface area contributed by atoms with E-state index in [2.05, 4.69) is 31.3 Å². The van der Waals surface area contributed by atoms with Crippen molar-refractivity contribution in [1.29, 1.82) is 0 Å². The molecule has 1 fully saturated rings. The van der Waals surface area contributed by atoms with Crippen molar-refractivity contribution in [2.75, 3.05) is 29.6 Å². The molecule has 0 saturated carbocycles. The molecule has 7 nitrogen and oxygen atoms in total. The SMILES string of the molecule is CSc1nc2nc(C)c(CC(=O)Nc3ccccc3N3CCCCCC3)c(C)n2n1. The quantitative estimate of drug-likeness (QED) is 0.624. The Hall–Kier alpha value is -2.61. The van der Waals surface area contributed by atoms with Gasteiger partial charge in [0.1, 0.15) is 0 Å². The van der Waals surface area contributed by atoms with Crippen LogP contribution in [-0.2, 0) is 11.2 Å². The predicted molar refractivity (Wildman–Crippen MR) is 121 cm³/mol. The number of aromatic nitrogens is 4. The average Bonchev–Trinajstić information content (AvgIpc) is 2.96. The first-order valence-electron chi connectivity index (χ1n) is 10.5. The molecule has 0 radical (unpaired) electrons. The lowest BCUT2D eigenvalue weighted by atomic mass is 10.1. The molecule has 0 bridgehead atoms. The van der Waals surface area contributed by atoms with Crippen LogP contribution in [0.4, 0.5) is 11.4 Å². The molecule has 1 aliphatic heterocycles. The summed E-state index contributed by atoms with van der Waals surface area (Å²) in [6.45, 7) is 5.97. The van der Waals surface area contributed by atoms with E-state index in [1.54, 1.807) is 4.52 Å². The number of fused-ring (bicyclic) bond motifs is 1. The summed E-state index contributed by atoms with van der Waals surface area (Å²) in [5.74, 6) is 0.528. The summed E-state index contributed by atoms with van der Waals surface area (Å²) in [7, 11) is 0. The summed E-state index contributed by atoms with van der Waals surface area (Å²) < 4.78 is 1.73. The van der Waals surface area contributed by atoms with E-state index in [0.29, 0.717) is 10.9 Å². The number of hydrogen-bond acceptors (Lipinski definition) is 6. The average molecular weight is 425 g/mol. The Morgan fingerprint density at radius 3 is 2.57 bits per heavy atom. The molecule has 3 aromatic rings. The van der Waals surface area contributed by atoms with Crippen LogP contribution in [0, 0.1) is 13.8 Å². The standard InChI is InChI=1S/C22H28N6OS/c1-15-17(16(2)28-21(23-15)25-22(26-28)30-3)14-20(29)24-18-10-6-7-11-19(18)27-12-8-4-5-9-13-27/h6-7,10-11H,4-5,8-9,12-14H2,1-3H3,(H,24,29). The van der Waals surface area contributed by atoms with Crippen LogP contribution in [0.1, 0.15) is 42.6 Å². The third-order valence-corrected chi connectivity index (χ3v) is 6.21. The number of hydrogen-bond donors (Lipinski definition) is 1. The summed E-state index contributed by atoms with van der Waals surface area (Å²) in [6, 6.07) is 8.10. The van der Waals surface area contributed by atoms with E-state index >= 15 is 0 Å². The minimum atomic E-state index is -0.0465. The van der Waals surface area contributed by atoms with Crippen molar-refractivity contribution >= 4 is 34.8 Å². The van der Waals surface area contributed by atoms with Crippen LogP contribution >= 0.6 is 11.8 Å². The molecular weight excluding hydrogens is 396 g/mol. The lowest BCUT2D eigenvalue weighted by molar-refractivity contribution is -0.115. The molecule has 1 amide bonds. The highest BCUT2D eigenvalue weighted by molar-refractivity contribution is 7.98. The first kappa shape index (κ1) is 20.7. The van der Waals surface area contributed by atoms with Gasteiger partial charge in [-0.1, -0.05) is 36.7 Å². The highest BCUT2D eigenvalue weighted by Crippen LogP contribution is 2.28. The molecule has 0 aliphatic carbocycles. The van der Waals surface area contributed by atoms with Crippen molar-refractivity contribution in [2.24, 2.45) is 0 Å². The lowest BCUT2D eigenvalue weighted by Crippen LogP contribution is -2.26. The fraction of sp³-hybridized carbons (Fsp3) is 0.455. The zero-order valence-electron chi connectivity index (χ0n) is 17.8. The number of anilines is 2. The van der Waals surface area contributed by atoms with E-state index in [1.165, 1.54) is 37.4 Å². The normalized spacial score (nSPS) is 14.7. The maximum Gasteiger partial charge on any atom is 0.253 e. The van der Waals surface area contributed by atoms with Crippen molar-refractivity contribution in [2.45, 2.75) is 51.1 Å². The number of benzene rings is 1. The second-order valence-electron chi connectivity index (χ2n) is 7.71. The number of aryl methyl sites for hydroxylation is 2. The topological polar surface area (TPSA) is 75.4 Å². The van der Waals surface area contributed by atoms with Gasteiger partial charge in [-0.25, -0.2) is 9.50 Å². The zero-order chi connectivity index (χ0) is 21.1. The fourth-order valence-electron chi connectivity index (χ4n) is 4.05. The minimum absolute atomic E-state index is 0.0465. The minimum Gasteiger partial charge on any atom is -0.370 e. The van der Waals surface area contributed by atoms with Gasteiger partial charge in [-0.05, 0) is 45.1 Å². The first-order chi connectivity index (χ1) is 14.6. The van der Waals surface area contributed by atoms with Gasteiger partial charge in [-0.15, -0.1) is 5.10 Å². The Kier molecular flexibility index (Phi) is 6.22. The van der Waals surface area contributed by atoms with Crippen LogP contribution in [0.25, 0.3) is 5.78 Å². The third-order valence-electron chi connectivity index (χ3n) is 5.67. The molecule has 1 aromatic carbocycles. The van der Waals surface area contributed by atoms with E-state index in [-0.39, 0.29) is 12.3 Å². The third kappa shape index (κ3) is 4.28. The number of nitrogens with one attached hydrogen (secondary N) is 1. The summed E-state index contributed by atoms with van der Waals surface area (Å²) in [4.78, 5) is 24.3. The van der Waals surface area contributed by atoms with Crippen LogP contribution < -0.4 is 10.2 Å². The summed E-state index contributed by atoms with van der Waals surface area (Å²) in [5, 5.41) is 8.29. The summed E-state index contributed by atoms with van der Waals surface area (Å²) in [5.41, 5.74) is 4.59. The van der Waals surface area contributed by atoms with Crippen LogP contribution in [0.15, 0.2) is 29.4 Å². The maximum absolute atomic E-state index is 13.0. The van der Waals surface area contributed by atoms with Crippen LogP contribution in [0.5, 0.6) is 0 Å². The van der Waals surface area contributed by atoms with Crippen LogP contribution in [-0.4, -0.2) is 44.8 Å². The predicted octanol–water partition coefficient (Wildman–Crippen LogP) is 4.02. The number of para-hydroxylation sites is 2. The van der Waals surface area contributed by atoms with Gasteiger partial charge in [0.25, 0.3) is 5.78 Å². The number of carbonyl (C=O) groups is 1. The van der Waals surface area contributed by atoms with Crippen molar-refractivity contribution in [3.05, 3.63) is 41.2 Å². The lowest BCUT2D eigenvalue weighted by Gasteiger charge is -2.25. The molecule has 4 rings (SSSR count). The van der Waals surface area contributed by atoms with Gasteiger partial charge < -0.3 is 10.2 Å². The number of nitrogens with zero attached hydrogens (tertiary/aromatic N) is 5. The molecule has 0 spiro atoms. The highest BCUT2D eigenvalue weighted by atomic mass is 32.2. The Labute approximate surface area is 181 Å². The Bertz CT molecular complexity index is 1060. The molecule has 1 N–H and O–H groups in total. The van der Waals surface area contributed by atoms with E-state index < -0.39 is 0 Å². The monoisotopic (exact) mass is 424 g/mol.